The number of anilines is 1. The molecule has 0 bridgehead atoms. The maximum Gasteiger partial charge on any atom is 0.322 e. The Bertz CT molecular complexity index is 684. The highest BCUT2D eigenvalue weighted by atomic mass is 16.5. The van der Waals surface area contributed by atoms with Gasteiger partial charge in [-0.15, -0.1) is 0 Å². The molecule has 0 saturated carbocycles. The molecule has 122 valence electrons. The number of methoxy groups -OCH3 is 1. The molecule has 1 aliphatic heterocycles. The molecule has 0 aromatic heterocycles. The molecule has 2 unspecified atom stereocenters. The minimum atomic E-state index is -0.0913. The van der Waals surface area contributed by atoms with Crippen molar-refractivity contribution in [2.24, 2.45) is 5.73 Å². The van der Waals surface area contributed by atoms with E-state index in [0.717, 1.165) is 29.3 Å². The molecule has 0 aliphatic carbocycles. The van der Waals surface area contributed by atoms with Gasteiger partial charge < -0.3 is 20.7 Å². The molecule has 3 rings (SSSR count). The molecule has 1 aliphatic rings. The van der Waals surface area contributed by atoms with Crippen molar-refractivity contribution >= 4 is 22.5 Å². The number of piperidine rings is 1. The highest BCUT2D eigenvalue weighted by Gasteiger charge is 2.30. The van der Waals surface area contributed by atoms with E-state index in [2.05, 4.69) is 5.32 Å². The number of nitrogens with two attached hydrogens (primary N) is 1. The summed E-state index contributed by atoms with van der Waals surface area (Å²) in [7, 11) is 1.71. The first-order valence-corrected chi connectivity index (χ1v) is 8.01. The van der Waals surface area contributed by atoms with Gasteiger partial charge in [0, 0.05) is 31.6 Å². The van der Waals surface area contributed by atoms with E-state index in [1.165, 1.54) is 0 Å². The van der Waals surface area contributed by atoms with Crippen molar-refractivity contribution in [1.82, 2.24) is 4.90 Å². The monoisotopic (exact) mass is 313 g/mol. The van der Waals surface area contributed by atoms with Crippen LogP contribution in [0.15, 0.2) is 42.5 Å². The molecule has 2 aromatic carbocycles. The minimum absolute atomic E-state index is 0.0173. The molecule has 5 nitrogen and oxygen atoms in total. The SMILES string of the molecule is COC1CCN(C(=O)Nc2cccc3ccccc23)C(CN)C1. The zero-order chi connectivity index (χ0) is 16.2. The van der Waals surface area contributed by atoms with Crippen molar-refractivity contribution < 1.29 is 9.53 Å². The van der Waals surface area contributed by atoms with Crippen molar-refractivity contribution in [3.8, 4) is 0 Å². The van der Waals surface area contributed by atoms with Gasteiger partial charge in [-0.2, -0.15) is 0 Å². The third-order valence-corrected chi connectivity index (χ3v) is 4.57. The molecular weight excluding hydrogens is 290 g/mol. The van der Waals surface area contributed by atoms with E-state index in [1.54, 1.807) is 7.11 Å². The summed E-state index contributed by atoms with van der Waals surface area (Å²) in [6.45, 7) is 1.11. The van der Waals surface area contributed by atoms with Crippen LogP contribution >= 0.6 is 0 Å². The summed E-state index contributed by atoms with van der Waals surface area (Å²) in [6.07, 6.45) is 1.82. The molecule has 2 aromatic rings. The predicted molar refractivity (Wildman–Crippen MR) is 92.5 cm³/mol. The number of ether oxygens (including phenoxy) is 1. The summed E-state index contributed by atoms with van der Waals surface area (Å²) in [6, 6.07) is 13.9. The Labute approximate surface area is 136 Å². The second-order valence-electron chi connectivity index (χ2n) is 5.92. The Kier molecular flexibility index (Phi) is 4.79. The molecule has 5 heteroatoms. The van der Waals surface area contributed by atoms with Gasteiger partial charge in [0.1, 0.15) is 0 Å². The molecule has 2 atom stereocenters. The van der Waals surface area contributed by atoms with Crippen molar-refractivity contribution in [3.63, 3.8) is 0 Å². The topological polar surface area (TPSA) is 67.6 Å². The number of benzene rings is 2. The lowest BCUT2D eigenvalue weighted by molar-refractivity contribution is 0.0292. The Balaban J connectivity index is 1.78. The first kappa shape index (κ1) is 15.8. The van der Waals surface area contributed by atoms with Crippen LogP contribution in [0.4, 0.5) is 10.5 Å². The number of carbonyl (C=O) groups is 1. The van der Waals surface area contributed by atoms with Crippen molar-refractivity contribution in [1.29, 1.82) is 0 Å². The van der Waals surface area contributed by atoms with Crippen LogP contribution < -0.4 is 11.1 Å². The zero-order valence-corrected chi connectivity index (χ0v) is 13.4. The van der Waals surface area contributed by atoms with Crippen molar-refractivity contribution in [3.05, 3.63) is 42.5 Å². The number of amides is 2. The number of carbonyl (C=O) groups excluding carboxylic acids is 1. The first-order valence-electron chi connectivity index (χ1n) is 8.01. The highest BCUT2D eigenvalue weighted by Crippen LogP contribution is 2.25. The number of fused-ring (bicyclic) bond motifs is 1. The molecule has 23 heavy (non-hydrogen) atoms. The van der Waals surface area contributed by atoms with E-state index >= 15 is 0 Å². The fourth-order valence-electron chi connectivity index (χ4n) is 3.24. The van der Waals surface area contributed by atoms with Crippen molar-refractivity contribution in [2.75, 3.05) is 25.5 Å². The highest BCUT2D eigenvalue weighted by molar-refractivity contribution is 6.01. The molecule has 1 saturated heterocycles. The van der Waals surface area contributed by atoms with Gasteiger partial charge in [0.25, 0.3) is 0 Å². The van der Waals surface area contributed by atoms with E-state index in [1.807, 2.05) is 47.4 Å². The zero-order valence-electron chi connectivity index (χ0n) is 13.4. The number of rotatable bonds is 3. The van der Waals surface area contributed by atoms with Crippen LogP contribution in [0.3, 0.4) is 0 Å². The molecule has 1 heterocycles. The maximum atomic E-state index is 12.7. The summed E-state index contributed by atoms with van der Waals surface area (Å²) in [5, 5.41) is 5.19. The Hall–Kier alpha value is -2.11. The lowest BCUT2D eigenvalue weighted by Gasteiger charge is -2.38. The van der Waals surface area contributed by atoms with Gasteiger partial charge in [0.05, 0.1) is 11.8 Å². The number of hydrogen-bond acceptors (Lipinski definition) is 3. The first-order chi connectivity index (χ1) is 11.2. The lowest BCUT2D eigenvalue weighted by atomic mass is 9.99. The Morgan fingerprint density at radius 2 is 2.09 bits per heavy atom. The van der Waals surface area contributed by atoms with Gasteiger partial charge in [0.2, 0.25) is 0 Å². The molecule has 1 fully saturated rings. The summed E-state index contributed by atoms with van der Waals surface area (Å²) in [4.78, 5) is 14.5. The van der Waals surface area contributed by atoms with E-state index < -0.39 is 0 Å². The Morgan fingerprint density at radius 3 is 2.87 bits per heavy atom. The van der Waals surface area contributed by atoms with Gasteiger partial charge in [-0.05, 0) is 24.3 Å². The number of nitrogens with zero attached hydrogens (tertiary/aromatic N) is 1. The van der Waals surface area contributed by atoms with E-state index in [0.29, 0.717) is 13.1 Å². The number of urea groups is 1. The Morgan fingerprint density at radius 1 is 1.30 bits per heavy atom. The molecule has 3 N–H and O–H groups in total. The van der Waals surface area contributed by atoms with Crippen LogP contribution in [0.25, 0.3) is 10.8 Å². The number of hydrogen-bond donors (Lipinski definition) is 2. The minimum Gasteiger partial charge on any atom is -0.381 e. The van der Waals surface area contributed by atoms with E-state index in [-0.39, 0.29) is 18.2 Å². The van der Waals surface area contributed by atoms with Crippen LogP contribution in [0, 0.1) is 0 Å². The smallest absolute Gasteiger partial charge is 0.322 e. The molecule has 0 radical (unpaired) electrons. The fourth-order valence-corrected chi connectivity index (χ4v) is 3.24. The van der Waals surface area contributed by atoms with Gasteiger partial charge in [0.15, 0.2) is 0 Å². The maximum absolute atomic E-state index is 12.7. The summed E-state index contributed by atoms with van der Waals surface area (Å²) < 4.78 is 5.41. The third-order valence-electron chi connectivity index (χ3n) is 4.57. The standard InChI is InChI=1S/C18H23N3O2/c1-23-15-9-10-21(14(11-15)12-19)18(22)20-17-8-4-6-13-5-2-3-7-16(13)17/h2-8,14-15H,9-12,19H2,1H3,(H,20,22). The van der Waals surface area contributed by atoms with Gasteiger partial charge in [-0.1, -0.05) is 36.4 Å². The van der Waals surface area contributed by atoms with Crippen LogP contribution in [0.5, 0.6) is 0 Å². The fraction of sp³-hybridized carbons (Fsp3) is 0.389. The van der Waals surface area contributed by atoms with Crippen LogP contribution in [-0.2, 0) is 4.74 Å². The number of likely N-dealkylation sites (tertiary alicyclic amines) is 1. The van der Waals surface area contributed by atoms with Gasteiger partial charge in [-0.3, -0.25) is 0 Å². The molecule has 0 spiro atoms. The van der Waals surface area contributed by atoms with E-state index in [4.69, 9.17) is 10.5 Å². The average Bonchev–Trinajstić information content (AvgIpc) is 2.61. The van der Waals surface area contributed by atoms with E-state index in [9.17, 15) is 4.79 Å². The van der Waals surface area contributed by atoms with Crippen molar-refractivity contribution in [2.45, 2.75) is 25.0 Å². The second-order valence-corrected chi connectivity index (χ2v) is 5.92. The van der Waals surface area contributed by atoms with Crippen LogP contribution in [0.1, 0.15) is 12.8 Å². The second kappa shape index (κ2) is 6.98. The lowest BCUT2D eigenvalue weighted by Crippen LogP contribution is -2.52. The quantitative estimate of drug-likeness (QED) is 0.915. The normalized spacial score (nSPS) is 21.4. The van der Waals surface area contributed by atoms with Crippen LogP contribution in [0.2, 0.25) is 0 Å². The van der Waals surface area contributed by atoms with Crippen LogP contribution in [-0.4, -0.2) is 43.3 Å². The van der Waals surface area contributed by atoms with Gasteiger partial charge in [-0.25, -0.2) is 4.79 Å². The van der Waals surface area contributed by atoms with Gasteiger partial charge >= 0.3 is 6.03 Å². The largest absolute Gasteiger partial charge is 0.381 e. The summed E-state index contributed by atoms with van der Waals surface area (Å²) in [5.74, 6) is 0. The third kappa shape index (κ3) is 3.30. The summed E-state index contributed by atoms with van der Waals surface area (Å²) >= 11 is 0. The molecular formula is C18H23N3O2. The molecule has 2 amide bonds. The number of nitrogens with one attached hydrogen (secondary N) is 1. The average molecular weight is 313 g/mol. The summed E-state index contributed by atoms with van der Waals surface area (Å²) in [5.41, 5.74) is 6.69. The predicted octanol–water partition coefficient (Wildman–Crippen LogP) is 2.81.